The first kappa shape index (κ1) is 18.6. The summed E-state index contributed by atoms with van der Waals surface area (Å²) in [6.45, 7) is 1.35. The average molecular weight is 376 g/mol. The number of hydrogen-bond donors (Lipinski definition) is 1. The third-order valence-electron chi connectivity index (χ3n) is 4.39. The topological polar surface area (TPSA) is 67.9 Å². The predicted octanol–water partition coefficient (Wildman–Crippen LogP) is 2.82. The summed E-state index contributed by atoms with van der Waals surface area (Å²) in [6, 6.07) is 8.90. The maximum absolute atomic E-state index is 14.1. The number of ether oxygens (including phenoxy) is 2. The molecular formula is C19H18F2N2O4. The van der Waals surface area contributed by atoms with Crippen molar-refractivity contribution in [2.45, 2.75) is 12.5 Å². The smallest absolute Gasteiger partial charge is 0.325 e. The van der Waals surface area contributed by atoms with Gasteiger partial charge in [-0.1, -0.05) is 0 Å². The van der Waals surface area contributed by atoms with Gasteiger partial charge in [0.15, 0.2) is 0 Å². The van der Waals surface area contributed by atoms with Gasteiger partial charge in [-0.2, -0.15) is 0 Å². The molecular weight excluding hydrogens is 358 g/mol. The molecule has 1 aliphatic rings. The van der Waals surface area contributed by atoms with E-state index in [1.54, 1.807) is 31.4 Å². The Morgan fingerprint density at radius 1 is 1.07 bits per heavy atom. The van der Waals surface area contributed by atoms with E-state index in [0.29, 0.717) is 11.5 Å². The number of methoxy groups -OCH3 is 1. The number of benzene rings is 2. The molecule has 0 saturated carbocycles. The molecule has 0 aromatic heterocycles. The molecule has 0 radical (unpaired) electrons. The number of urea groups is 1. The zero-order valence-electron chi connectivity index (χ0n) is 14.8. The molecule has 1 heterocycles. The summed E-state index contributed by atoms with van der Waals surface area (Å²) in [4.78, 5) is 25.8. The molecule has 1 N–H and O–H groups in total. The van der Waals surface area contributed by atoms with Crippen molar-refractivity contribution in [3.05, 3.63) is 59.7 Å². The molecule has 1 saturated heterocycles. The zero-order valence-corrected chi connectivity index (χ0v) is 14.8. The molecule has 2 aromatic rings. The van der Waals surface area contributed by atoms with Gasteiger partial charge in [-0.3, -0.25) is 9.69 Å². The van der Waals surface area contributed by atoms with Crippen LogP contribution in [0.3, 0.4) is 0 Å². The number of carbonyl (C=O) groups excluding carboxylic acids is 2. The van der Waals surface area contributed by atoms with Crippen LogP contribution in [0.15, 0.2) is 42.5 Å². The van der Waals surface area contributed by atoms with E-state index in [1.807, 2.05) is 0 Å². The highest BCUT2D eigenvalue weighted by Crippen LogP contribution is 2.31. The van der Waals surface area contributed by atoms with Crippen molar-refractivity contribution in [2.24, 2.45) is 0 Å². The second kappa shape index (κ2) is 7.22. The molecule has 0 spiro atoms. The SMILES string of the molecule is COc1ccc(OCCN2C(=O)N[C@](C)(c3cc(F)ccc3F)C2=O)cc1. The molecule has 142 valence electrons. The van der Waals surface area contributed by atoms with Gasteiger partial charge in [-0.15, -0.1) is 0 Å². The van der Waals surface area contributed by atoms with Crippen molar-refractivity contribution < 1.29 is 27.8 Å². The molecule has 0 unspecified atom stereocenters. The number of amides is 3. The lowest BCUT2D eigenvalue weighted by atomic mass is 9.91. The van der Waals surface area contributed by atoms with Crippen LogP contribution >= 0.6 is 0 Å². The van der Waals surface area contributed by atoms with E-state index in [0.717, 1.165) is 23.1 Å². The van der Waals surface area contributed by atoms with E-state index >= 15 is 0 Å². The number of imide groups is 1. The summed E-state index contributed by atoms with van der Waals surface area (Å²) >= 11 is 0. The summed E-state index contributed by atoms with van der Waals surface area (Å²) in [5.74, 6) is -0.929. The number of halogens is 2. The molecule has 3 amide bonds. The van der Waals surface area contributed by atoms with E-state index < -0.39 is 29.1 Å². The number of carbonyl (C=O) groups is 2. The van der Waals surface area contributed by atoms with Crippen LogP contribution in [-0.2, 0) is 10.3 Å². The Kier molecular flexibility index (Phi) is 4.98. The molecule has 6 nitrogen and oxygen atoms in total. The Hall–Kier alpha value is -3.16. The lowest BCUT2D eigenvalue weighted by Gasteiger charge is -2.22. The van der Waals surface area contributed by atoms with Crippen LogP contribution < -0.4 is 14.8 Å². The average Bonchev–Trinajstić information content (AvgIpc) is 2.88. The molecule has 0 bridgehead atoms. The van der Waals surface area contributed by atoms with Crippen LogP contribution in [0.5, 0.6) is 11.5 Å². The van der Waals surface area contributed by atoms with E-state index in [-0.39, 0.29) is 18.7 Å². The van der Waals surface area contributed by atoms with Gasteiger partial charge in [0.05, 0.1) is 13.7 Å². The first-order valence-corrected chi connectivity index (χ1v) is 8.21. The second-order valence-electron chi connectivity index (χ2n) is 6.16. The fourth-order valence-corrected chi connectivity index (χ4v) is 2.89. The monoisotopic (exact) mass is 376 g/mol. The summed E-state index contributed by atoms with van der Waals surface area (Å²) < 4.78 is 38.2. The van der Waals surface area contributed by atoms with Crippen LogP contribution in [0.2, 0.25) is 0 Å². The number of nitrogens with zero attached hydrogens (tertiary/aromatic N) is 1. The second-order valence-corrected chi connectivity index (χ2v) is 6.16. The molecule has 1 fully saturated rings. The highest BCUT2D eigenvalue weighted by molar-refractivity contribution is 6.07. The maximum Gasteiger partial charge on any atom is 0.325 e. The third-order valence-corrected chi connectivity index (χ3v) is 4.39. The summed E-state index contributed by atoms with van der Waals surface area (Å²) in [6.07, 6.45) is 0. The minimum absolute atomic E-state index is 0.0385. The lowest BCUT2D eigenvalue weighted by molar-refractivity contribution is -0.131. The van der Waals surface area contributed by atoms with Crippen molar-refractivity contribution in [2.75, 3.05) is 20.3 Å². The van der Waals surface area contributed by atoms with Gasteiger partial charge in [0.2, 0.25) is 0 Å². The largest absolute Gasteiger partial charge is 0.497 e. The van der Waals surface area contributed by atoms with Gasteiger partial charge in [0, 0.05) is 5.56 Å². The summed E-state index contributed by atoms with van der Waals surface area (Å²) in [5.41, 5.74) is -1.90. The molecule has 3 rings (SSSR count). The van der Waals surface area contributed by atoms with E-state index in [4.69, 9.17) is 9.47 Å². The number of rotatable bonds is 6. The van der Waals surface area contributed by atoms with Crippen LogP contribution in [0.1, 0.15) is 12.5 Å². The molecule has 27 heavy (non-hydrogen) atoms. The van der Waals surface area contributed by atoms with Gasteiger partial charge in [0.25, 0.3) is 5.91 Å². The van der Waals surface area contributed by atoms with Crippen molar-refractivity contribution in [1.82, 2.24) is 10.2 Å². The molecule has 8 heteroatoms. The van der Waals surface area contributed by atoms with Crippen LogP contribution in [0.4, 0.5) is 13.6 Å². The fourth-order valence-electron chi connectivity index (χ4n) is 2.89. The third kappa shape index (κ3) is 3.55. The number of nitrogens with one attached hydrogen (secondary N) is 1. The van der Waals surface area contributed by atoms with Gasteiger partial charge >= 0.3 is 6.03 Å². The Labute approximate surface area is 154 Å². The molecule has 0 aliphatic carbocycles. The van der Waals surface area contributed by atoms with Crippen LogP contribution in [0.25, 0.3) is 0 Å². The fraction of sp³-hybridized carbons (Fsp3) is 0.263. The summed E-state index contributed by atoms with van der Waals surface area (Å²) in [7, 11) is 1.55. The molecule has 1 atom stereocenters. The Morgan fingerprint density at radius 2 is 1.74 bits per heavy atom. The van der Waals surface area contributed by atoms with Gasteiger partial charge in [0.1, 0.15) is 35.3 Å². The highest BCUT2D eigenvalue weighted by Gasteiger charge is 2.50. The number of hydrogen-bond acceptors (Lipinski definition) is 4. The van der Waals surface area contributed by atoms with Crippen molar-refractivity contribution >= 4 is 11.9 Å². The first-order valence-electron chi connectivity index (χ1n) is 8.21. The van der Waals surface area contributed by atoms with Gasteiger partial charge in [-0.25, -0.2) is 13.6 Å². The van der Waals surface area contributed by atoms with Gasteiger partial charge < -0.3 is 14.8 Å². The molecule has 1 aliphatic heterocycles. The van der Waals surface area contributed by atoms with E-state index in [1.165, 1.54) is 6.92 Å². The Balaban J connectivity index is 1.69. The van der Waals surface area contributed by atoms with Crippen molar-refractivity contribution in [3.63, 3.8) is 0 Å². The predicted molar refractivity (Wildman–Crippen MR) is 92.4 cm³/mol. The normalized spacial score (nSPS) is 19.2. The molecule has 2 aromatic carbocycles. The minimum atomic E-state index is -1.68. The minimum Gasteiger partial charge on any atom is -0.497 e. The quantitative estimate of drug-likeness (QED) is 0.788. The standard InChI is InChI=1S/C19H18F2N2O4/c1-19(15-11-12(20)3-8-16(15)21)17(24)23(18(25)22-19)9-10-27-14-6-4-13(26-2)5-7-14/h3-8,11H,9-10H2,1-2H3,(H,22,25)/t19-/m1/s1. The van der Waals surface area contributed by atoms with Crippen LogP contribution in [0, 0.1) is 11.6 Å². The van der Waals surface area contributed by atoms with Crippen molar-refractivity contribution in [1.29, 1.82) is 0 Å². The van der Waals surface area contributed by atoms with Crippen LogP contribution in [-0.4, -0.2) is 37.1 Å². The first-order chi connectivity index (χ1) is 12.8. The highest BCUT2D eigenvalue weighted by atomic mass is 19.1. The maximum atomic E-state index is 14.1. The van der Waals surface area contributed by atoms with E-state index in [2.05, 4.69) is 5.32 Å². The Morgan fingerprint density at radius 3 is 2.41 bits per heavy atom. The van der Waals surface area contributed by atoms with Gasteiger partial charge in [-0.05, 0) is 49.4 Å². The Bertz CT molecular complexity index is 873. The van der Waals surface area contributed by atoms with Crippen molar-refractivity contribution in [3.8, 4) is 11.5 Å². The lowest BCUT2D eigenvalue weighted by Crippen LogP contribution is -2.42. The zero-order chi connectivity index (χ0) is 19.6. The van der Waals surface area contributed by atoms with E-state index in [9.17, 15) is 18.4 Å². The summed E-state index contributed by atoms with van der Waals surface area (Å²) in [5, 5.41) is 2.44.